The van der Waals surface area contributed by atoms with Crippen LogP contribution in [0.2, 0.25) is 4.34 Å². The molecule has 1 atom stereocenters. The average molecular weight is 300 g/mol. The zero-order valence-electron chi connectivity index (χ0n) is 10.1. The van der Waals surface area contributed by atoms with Crippen molar-refractivity contribution in [3.05, 3.63) is 21.1 Å². The molecule has 0 spiro atoms. The smallest absolute Gasteiger partial charge is 0.153 e. The number of hydrogen-bond donors (Lipinski definition) is 1. The summed E-state index contributed by atoms with van der Waals surface area (Å²) in [5.74, 6) is 0. The molecule has 0 bridgehead atoms. The van der Waals surface area contributed by atoms with Gasteiger partial charge in [0.15, 0.2) is 10.0 Å². The van der Waals surface area contributed by atoms with Gasteiger partial charge in [0.1, 0.15) is 4.34 Å². The van der Waals surface area contributed by atoms with Crippen LogP contribution in [-0.4, -0.2) is 16.5 Å². The van der Waals surface area contributed by atoms with Crippen LogP contribution in [-0.2, 0) is 6.42 Å². The highest BCUT2D eigenvalue weighted by molar-refractivity contribution is 7.23. The lowest BCUT2D eigenvalue weighted by Crippen LogP contribution is -2.23. The fourth-order valence-corrected chi connectivity index (χ4v) is 4.47. The second-order valence-corrected chi connectivity index (χ2v) is 6.99. The number of halogens is 1. The molecule has 1 N–H and O–H groups in total. The second-order valence-electron chi connectivity index (χ2n) is 4.30. The van der Waals surface area contributed by atoms with E-state index in [4.69, 9.17) is 16.6 Å². The molecule has 3 nitrogen and oxygen atoms in total. The van der Waals surface area contributed by atoms with Gasteiger partial charge in [-0.1, -0.05) is 29.9 Å². The Morgan fingerprint density at radius 2 is 2.33 bits per heavy atom. The fraction of sp³-hybridized carbons (Fsp3) is 0.500. The lowest BCUT2D eigenvalue weighted by Gasteiger charge is -2.21. The Labute approximate surface area is 119 Å². The Morgan fingerprint density at radius 3 is 3.06 bits per heavy atom. The topological polar surface area (TPSA) is 37.8 Å². The van der Waals surface area contributed by atoms with Gasteiger partial charge in [-0.25, -0.2) is 9.97 Å². The van der Waals surface area contributed by atoms with E-state index in [9.17, 15) is 0 Å². The lowest BCUT2D eigenvalue weighted by atomic mass is 9.98. The highest BCUT2D eigenvalue weighted by Gasteiger charge is 2.24. The number of aromatic nitrogens is 2. The summed E-state index contributed by atoms with van der Waals surface area (Å²) in [4.78, 5) is 10.4. The minimum atomic E-state index is 0.473. The third-order valence-corrected chi connectivity index (χ3v) is 5.53. The van der Waals surface area contributed by atoms with Crippen molar-refractivity contribution in [2.24, 2.45) is 0 Å². The Morgan fingerprint density at radius 1 is 1.44 bits per heavy atom. The molecule has 2 heterocycles. The number of nitrogens with zero attached hydrogens (tertiary/aromatic N) is 2. The van der Waals surface area contributed by atoms with Crippen LogP contribution in [0.25, 0.3) is 10.0 Å². The van der Waals surface area contributed by atoms with Crippen LogP contribution in [0.5, 0.6) is 0 Å². The SMILES string of the molecule is CCNC1CCCc2nc(-c3ncc(Cl)s3)sc21. The Kier molecular flexibility index (Phi) is 3.66. The number of nitrogens with one attached hydrogen (secondary N) is 1. The van der Waals surface area contributed by atoms with Crippen molar-refractivity contribution in [3.63, 3.8) is 0 Å². The van der Waals surface area contributed by atoms with E-state index in [2.05, 4.69) is 17.2 Å². The maximum absolute atomic E-state index is 5.94. The van der Waals surface area contributed by atoms with E-state index in [1.54, 1.807) is 17.5 Å². The van der Waals surface area contributed by atoms with E-state index in [1.807, 2.05) is 0 Å². The van der Waals surface area contributed by atoms with Crippen molar-refractivity contribution >= 4 is 34.3 Å². The van der Waals surface area contributed by atoms with E-state index in [0.717, 1.165) is 27.3 Å². The first kappa shape index (κ1) is 12.5. The Balaban J connectivity index is 1.95. The molecule has 0 fully saturated rings. The molecule has 0 aromatic carbocycles. The summed E-state index contributed by atoms with van der Waals surface area (Å²) in [5.41, 5.74) is 1.25. The molecule has 2 aromatic heterocycles. The van der Waals surface area contributed by atoms with Gasteiger partial charge in [-0.3, -0.25) is 0 Å². The first-order valence-corrected chi connectivity index (χ1v) is 8.13. The van der Waals surface area contributed by atoms with Crippen LogP contribution in [0.3, 0.4) is 0 Å². The van der Waals surface area contributed by atoms with Crippen LogP contribution >= 0.6 is 34.3 Å². The number of thiazole rings is 2. The molecule has 1 aliphatic rings. The number of fused-ring (bicyclic) bond motifs is 1. The van der Waals surface area contributed by atoms with Gasteiger partial charge in [-0.15, -0.1) is 11.3 Å². The maximum atomic E-state index is 5.94. The van der Waals surface area contributed by atoms with E-state index >= 15 is 0 Å². The Hall–Kier alpha value is -0.490. The minimum Gasteiger partial charge on any atom is -0.309 e. The third kappa shape index (κ3) is 2.32. The van der Waals surface area contributed by atoms with Crippen molar-refractivity contribution < 1.29 is 0 Å². The van der Waals surface area contributed by atoms with Gasteiger partial charge in [-0.05, 0) is 25.8 Å². The first-order chi connectivity index (χ1) is 8.78. The van der Waals surface area contributed by atoms with Gasteiger partial charge < -0.3 is 5.32 Å². The summed E-state index contributed by atoms with van der Waals surface area (Å²) in [6, 6.07) is 0.473. The van der Waals surface area contributed by atoms with E-state index < -0.39 is 0 Å². The van der Waals surface area contributed by atoms with E-state index in [0.29, 0.717) is 6.04 Å². The molecule has 0 radical (unpaired) electrons. The van der Waals surface area contributed by atoms with Crippen LogP contribution < -0.4 is 5.32 Å². The largest absolute Gasteiger partial charge is 0.309 e. The van der Waals surface area contributed by atoms with Gasteiger partial charge in [0.2, 0.25) is 0 Å². The summed E-state index contributed by atoms with van der Waals surface area (Å²) in [5, 5.41) is 5.49. The van der Waals surface area contributed by atoms with Gasteiger partial charge in [-0.2, -0.15) is 0 Å². The second kappa shape index (κ2) is 5.25. The predicted molar refractivity (Wildman–Crippen MR) is 77.6 cm³/mol. The minimum absolute atomic E-state index is 0.473. The molecule has 3 rings (SSSR count). The predicted octanol–water partition coefficient (Wildman–Crippen LogP) is 3.91. The molecule has 0 aliphatic heterocycles. The first-order valence-electron chi connectivity index (χ1n) is 6.12. The molecule has 18 heavy (non-hydrogen) atoms. The van der Waals surface area contributed by atoms with Crippen LogP contribution in [0.1, 0.15) is 36.4 Å². The summed E-state index contributed by atoms with van der Waals surface area (Å²) >= 11 is 9.20. The monoisotopic (exact) mass is 299 g/mol. The quantitative estimate of drug-likeness (QED) is 0.934. The normalized spacial score (nSPS) is 18.9. The molecule has 2 aromatic rings. The summed E-state index contributed by atoms with van der Waals surface area (Å²) < 4.78 is 0.724. The van der Waals surface area contributed by atoms with Crippen LogP contribution in [0.15, 0.2) is 6.20 Å². The van der Waals surface area contributed by atoms with Gasteiger partial charge >= 0.3 is 0 Å². The number of aryl methyl sites for hydroxylation is 1. The molecule has 0 saturated heterocycles. The highest BCUT2D eigenvalue weighted by Crippen LogP contribution is 2.39. The molecule has 6 heteroatoms. The van der Waals surface area contributed by atoms with Crippen molar-refractivity contribution in [2.45, 2.75) is 32.2 Å². The Bertz CT molecular complexity index is 549. The molecule has 1 aliphatic carbocycles. The van der Waals surface area contributed by atoms with Gasteiger partial charge in [0.25, 0.3) is 0 Å². The molecule has 0 saturated carbocycles. The summed E-state index contributed by atoms with van der Waals surface area (Å²) in [7, 11) is 0. The van der Waals surface area contributed by atoms with Crippen LogP contribution in [0.4, 0.5) is 0 Å². The zero-order chi connectivity index (χ0) is 12.5. The van der Waals surface area contributed by atoms with Gasteiger partial charge in [0.05, 0.1) is 11.9 Å². The molecule has 1 unspecified atom stereocenters. The van der Waals surface area contributed by atoms with E-state index in [-0.39, 0.29) is 0 Å². The molecule has 0 amide bonds. The third-order valence-electron chi connectivity index (χ3n) is 3.06. The van der Waals surface area contributed by atoms with Gasteiger partial charge in [0, 0.05) is 10.9 Å². The van der Waals surface area contributed by atoms with Crippen molar-refractivity contribution in [3.8, 4) is 10.0 Å². The standard InChI is InChI=1S/C12H14ClN3S2/c1-2-14-7-4-3-5-8-10(7)18-12(16-8)11-15-6-9(13)17-11/h6-7,14H,2-5H2,1H3. The summed E-state index contributed by atoms with van der Waals surface area (Å²) in [6.45, 7) is 3.15. The molecular formula is C12H14ClN3S2. The zero-order valence-corrected chi connectivity index (χ0v) is 12.5. The van der Waals surface area contributed by atoms with Crippen molar-refractivity contribution in [2.75, 3.05) is 6.54 Å². The number of hydrogen-bond acceptors (Lipinski definition) is 5. The summed E-state index contributed by atoms with van der Waals surface area (Å²) in [6.07, 6.45) is 5.21. The van der Waals surface area contributed by atoms with Crippen molar-refractivity contribution in [1.82, 2.24) is 15.3 Å². The number of rotatable bonds is 3. The highest BCUT2D eigenvalue weighted by atomic mass is 35.5. The maximum Gasteiger partial charge on any atom is 0.153 e. The van der Waals surface area contributed by atoms with Crippen molar-refractivity contribution in [1.29, 1.82) is 0 Å². The molecular weight excluding hydrogens is 286 g/mol. The fourth-order valence-electron chi connectivity index (χ4n) is 2.31. The lowest BCUT2D eigenvalue weighted by molar-refractivity contribution is 0.476. The average Bonchev–Trinajstić information content (AvgIpc) is 2.95. The van der Waals surface area contributed by atoms with E-state index in [1.165, 1.54) is 34.7 Å². The molecule has 96 valence electrons. The van der Waals surface area contributed by atoms with Crippen LogP contribution in [0, 0.1) is 0 Å².